The number of nitrogens with one attached hydrogen (secondary N) is 2. The van der Waals surface area contributed by atoms with Crippen LogP contribution >= 0.6 is 11.6 Å². The van der Waals surface area contributed by atoms with Crippen molar-refractivity contribution in [1.29, 1.82) is 0 Å². The summed E-state index contributed by atoms with van der Waals surface area (Å²) < 4.78 is 65.5. The van der Waals surface area contributed by atoms with E-state index in [2.05, 4.69) is 20.8 Å². The van der Waals surface area contributed by atoms with Crippen molar-refractivity contribution < 1.29 is 36.0 Å². The number of carbonyl (C=O) groups is 2. The van der Waals surface area contributed by atoms with Crippen LogP contribution in [0.1, 0.15) is 63.7 Å². The van der Waals surface area contributed by atoms with Crippen LogP contribution in [-0.2, 0) is 19.6 Å². The summed E-state index contributed by atoms with van der Waals surface area (Å²) in [5.41, 5.74) is -1.83. The smallest absolute Gasteiger partial charge is 0.291 e. The van der Waals surface area contributed by atoms with Crippen LogP contribution in [0.15, 0.2) is 45.6 Å². The van der Waals surface area contributed by atoms with Gasteiger partial charge >= 0.3 is 0 Å². The summed E-state index contributed by atoms with van der Waals surface area (Å²) >= 11 is 5.65. The van der Waals surface area contributed by atoms with E-state index in [1.54, 1.807) is 19.1 Å². The normalized spacial score (nSPS) is 11.5. The van der Waals surface area contributed by atoms with Gasteiger partial charge in [0, 0.05) is 12.7 Å². The van der Waals surface area contributed by atoms with E-state index in [4.69, 9.17) is 20.4 Å². The molecule has 0 radical (unpaired) electrons. The van der Waals surface area contributed by atoms with Gasteiger partial charge in [0.1, 0.15) is 22.9 Å². The Hall–Kier alpha value is -4.07. The summed E-state index contributed by atoms with van der Waals surface area (Å²) in [4.78, 5) is 25.4. The molecule has 4 rings (SSSR count). The van der Waals surface area contributed by atoms with Gasteiger partial charge < -0.3 is 19.5 Å². The van der Waals surface area contributed by atoms with Gasteiger partial charge in [-0.1, -0.05) is 11.6 Å². The molecule has 10 nitrogen and oxygen atoms in total. The van der Waals surface area contributed by atoms with E-state index in [-0.39, 0.29) is 29.4 Å². The summed E-state index contributed by atoms with van der Waals surface area (Å²) in [7, 11) is 0. The molecule has 2 amide bonds. The third-order valence-electron chi connectivity index (χ3n) is 5.11. The van der Waals surface area contributed by atoms with Crippen molar-refractivity contribution in [2.75, 3.05) is 5.32 Å². The summed E-state index contributed by atoms with van der Waals surface area (Å²) in [6.45, 7) is 1.83. The lowest BCUT2D eigenvalue weighted by atomic mass is 10.3. The van der Waals surface area contributed by atoms with E-state index in [9.17, 15) is 27.2 Å². The maximum atomic E-state index is 13.4. The van der Waals surface area contributed by atoms with Crippen molar-refractivity contribution in [2.24, 2.45) is 0 Å². The van der Waals surface area contributed by atoms with Gasteiger partial charge in [-0.25, -0.2) is 17.6 Å². The summed E-state index contributed by atoms with van der Waals surface area (Å²) in [6.07, 6.45) is -3.41. The summed E-state index contributed by atoms with van der Waals surface area (Å²) in [5.74, 6) is -1.06. The number of hydrogen-bond donors (Lipinski definition) is 2. The van der Waals surface area contributed by atoms with Crippen LogP contribution in [0.25, 0.3) is 0 Å². The second-order valence-electron chi connectivity index (χ2n) is 7.57. The molecule has 4 heterocycles. The maximum Gasteiger partial charge on any atom is 0.291 e. The quantitative estimate of drug-likeness (QED) is 0.271. The molecule has 37 heavy (non-hydrogen) atoms. The third-order valence-corrected chi connectivity index (χ3v) is 5.50. The largest absolute Gasteiger partial charge is 0.467 e. The standard InChI is InChI=1S/C22H19ClF4N6O4/c1-2-32-10-13(16(30-32)22(35)28-8-11-4-3-7-36-11)29-21(34)14-6-5-12(37-14)9-33-18(20(26)27)15(23)17(31-33)19(24)25/h3-7,10,19-20H,2,8-9H2,1H3,(H,28,35)(H,29,34). The van der Waals surface area contributed by atoms with Crippen LogP contribution in [0.3, 0.4) is 0 Å². The van der Waals surface area contributed by atoms with Crippen molar-refractivity contribution in [3.63, 3.8) is 0 Å². The first-order chi connectivity index (χ1) is 17.7. The fraction of sp³-hybridized carbons (Fsp3) is 0.273. The lowest BCUT2D eigenvalue weighted by Gasteiger charge is -2.06. The molecular formula is C22H19ClF4N6O4. The minimum Gasteiger partial charge on any atom is -0.467 e. The average molecular weight is 543 g/mol. The Kier molecular flexibility index (Phi) is 7.66. The van der Waals surface area contributed by atoms with Crippen molar-refractivity contribution >= 4 is 29.1 Å². The van der Waals surface area contributed by atoms with Crippen LogP contribution in [0.4, 0.5) is 23.2 Å². The molecule has 0 aliphatic carbocycles. The number of anilines is 1. The van der Waals surface area contributed by atoms with Gasteiger partial charge in [-0.05, 0) is 31.2 Å². The molecule has 0 spiro atoms. The van der Waals surface area contributed by atoms with E-state index in [0.29, 0.717) is 17.0 Å². The van der Waals surface area contributed by atoms with Gasteiger partial charge in [0.2, 0.25) is 0 Å². The number of aromatic nitrogens is 4. The third kappa shape index (κ3) is 5.69. The minimum absolute atomic E-state index is 0.0206. The Morgan fingerprint density at radius 3 is 2.51 bits per heavy atom. The van der Waals surface area contributed by atoms with E-state index in [0.717, 1.165) is 0 Å². The molecule has 2 N–H and O–H groups in total. The molecule has 0 aliphatic rings. The average Bonchev–Trinajstić information content (AvgIpc) is 3.64. The molecule has 196 valence electrons. The molecule has 0 saturated heterocycles. The van der Waals surface area contributed by atoms with E-state index in [1.807, 2.05) is 0 Å². The first-order valence-electron chi connectivity index (χ1n) is 10.8. The monoisotopic (exact) mass is 542 g/mol. The fourth-order valence-corrected chi connectivity index (χ4v) is 3.66. The molecule has 0 unspecified atom stereocenters. The van der Waals surface area contributed by atoms with Gasteiger partial charge in [-0.2, -0.15) is 10.2 Å². The molecule has 0 aliphatic heterocycles. The van der Waals surface area contributed by atoms with Crippen molar-refractivity contribution in [3.05, 3.63) is 76.1 Å². The van der Waals surface area contributed by atoms with E-state index < -0.39 is 47.6 Å². The highest BCUT2D eigenvalue weighted by Gasteiger charge is 2.28. The Balaban J connectivity index is 1.49. The highest BCUT2D eigenvalue weighted by atomic mass is 35.5. The Morgan fingerprint density at radius 1 is 1.08 bits per heavy atom. The molecule has 0 bridgehead atoms. The molecule has 15 heteroatoms. The van der Waals surface area contributed by atoms with E-state index >= 15 is 0 Å². The van der Waals surface area contributed by atoms with Crippen LogP contribution in [0.2, 0.25) is 5.02 Å². The zero-order valence-corrected chi connectivity index (χ0v) is 19.8. The highest BCUT2D eigenvalue weighted by Crippen LogP contribution is 2.35. The van der Waals surface area contributed by atoms with Crippen LogP contribution in [0.5, 0.6) is 0 Å². The predicted molar refractivity (Wildman–Crippen MR) is 121 cm³/mol. The number of amides is 2. The minimum atomic E-state index is -3.17. The number of carbonyl (C=O) groups excluding carboxylic acids is 2. The number of rotatable bonds is 10. The number of alkyl halides is 4. The second kappa shape index (κ2) is 10.9. The van der Waals surface area contributed by atoms with Crippen molar-refractivity contribution in [2.45, 2.75) is 39.4 Å². The summed E-state index contributed by atoms with van der Waals surface area (Å²) in [5, 5.41) is 11.9. The van der Waals surface area contributed by atoms with Crippen LogP contribution < -0.4 is 10.6 Å². The topological polar surface area (TPSA) is 120 Å². The van der Waals surface area contributed by atoms with E-state index in [1.165, 1.54) is 29.3 Å². The number of nitrogens with zero attached hydrogens (tertiary/aromatic N) is 4. The lowest BCUT2D eigenvalue weighted by molar-refractivity contribution is 0.0943. The zero-order valence-electron chi connectivity index (χ0n) is 19.1. The van der Waals surface area contributed by atoms with Gasteiger partial charge in [0.25, 0.3) is 24.7 Å². The van der Waals surface area contributed by atoms with Crippen LogP contribution in [-0.4, -0.2) is 31.4 Å². The first kappa shape index (κ1) is 26.0. The Morgan fingerprint density at radius 2 is 1.86 bits per heavy atom. The molecular weight excluding hydrogens is 524 g/mol. The number of hydrogen-bond acceptors (Lipinski definition) is 6. The van der Waals surface area contributed by atoms with Gasteiger partial charge in [0.05, 0.1) is 30.1 Å². The highest BCUT2D eigenvalue weighted by molar-refractivity contribution is 6.32. The second-order valence-corrected chi connectivity index (χ2v) is 7.95. The first-order valence-corrected chi connectivity index (χ1v) is 11.2. The number of furan rings is 2. The van der Waals surface area contributed by atoms with Crippen molar-refractivity contribution in [3.8, 4) is 0 Å². The Labute approximate surface area is 211 Å². The van der Waals surface area contributed by atoms with Gasteiger partial charge in [0.15, 0.2) is 11.5 Å². The van der Waals surface area contributed by atoms with Gasteiger partial charge in [-0.15, -0.1) is 0 Å². The molecule has 0 atom stereocenters. The molecule has 0 fully saturated rings. The molecule has 4 aromatic heterocycles. The molecule has 0 aromatic carbocycles. The number of halogens is 5. The summed E-state index contributed by atoms with van der Waals surface area (Å²) in [6, 6.07) is 5.91. The van der Waals surface area contributed by atoms with Crippen molar-refractivity contribution in [1.82, 2.24) is 24.9 Å². The zero-order chi connectivity index (χ0) is 26.7. The Bertz CT molecular complexity index is 1400. The number of aryl methyl sites for hydroxylation is 1. The molecule has 4 aromatic rings. The predicted octanol–water partition coefficient (Wildman–Crippen LogP) is 5.04. The van der Waals surface area contributed by atoms with Crippen LogP contribution in [0, 0.1) is 0 Å². The fourth-order valence-electron chi connectivity index (χ4n) is 3.36. The SMILES string of the molecule is CCn1cc(NC(=O)c2ccc(Cn3nc(C(F)F)c(Cl)c3C(F)F)o2)c(C(=O)NCc2ccco2)n1. The lowest BCUT2D eigenvalue weighted by Crippen LogP contribution is -2.25. The van der Waals surface area contributed by atoms with Gasteiger partial charge in [-0.3, -0.25) is 19.0 Å². The maximum absolute atomic E-state index is 13.4. The molecule has 0 saturated carbocycles.